The fourth-order valence-corrected chi connectivity index (χ4v) is 2.62. The van der Waals surface area contributed by atoms with Crippen LogP contribution in [0, 0.1) is 0 Å². The third-order valence-electron chi connectivity index (χ3n) is 3.69. The van der Waals surface area contributed by atoms with Crippen LogP contribution in [0.2, 0.25) is 0 Å². The third-order valence-corrected chi connectivity index (χ3v) is 3.69. The molecule has 0 saturated carbocycles. The molecule has 1 aromatic heterocycles. The van der Waals surface area contributed by atoms with Gasteiger partial charge in [-0.15, -0.1) is 0 Å². The van der Waals surface area contributed by atoms with Crippen LogP contribution in [0.15, 0.2) is 41.5 Å². The monoisotopic (exact) mass is 286 g/mol. The number of aromatic nitrogens is 2. The molecule has 0 aliphatic carbocycles. The molecule has 1 aromatic carbocycles. The summed E-state index contributed by atoms with van der Waals surface area (Å²) in [6.07, 6.45) is 4.16. The minimum Gasteiger partial charge on any atom is -0.495 e. The normalized spacial score (nSPS) is 18.0. The molecule has 21 heavy (non-hydrogen) atoms. The Kier molecular flexibility index (Phi) is 3.62. The summed E-state index contributed by atoms with van der Waals surface area (Å²) in [5, 5.41) is 0. The Morgan fingerprint density at radius 2 is 2.19 bits per heavy atom. The standard InChI is InChI=1S/C15H18N4O2/c1-21-13-5-3-2-4-12(13)19-9-7-17-14(15(19)20)18-8-6-11(16)10-18/h2-5,7,9,11H,6,8,10,16H2,1H3. The summed E-state index contributed by atoms with van der Waals surface area (Å²) >= 11 is 0. The van der Waals surface area contributed by atoms with E-state index in [1.807, 2.05) is 29.2 Å². The van der Waals surface area contributed by atoms with Crippen molar-refractivity contribution in [2.45, 2.75) is 12.5 Å². The summed E-state index contributed by atoms with van der Waals surface area (Å²) in [7, 11) is 1.59. The number of ether oxygens (including phenoxy) is 1. The third kappa shape index (κ3) is 2.50. The molecule has 0 radical (unpaired) electrons. The zero-order chi connectivity index (χ0) is 14.8. The quantitative estimate of drug-likeness (QED) is 0.902. The van der Waals surface area contributed by atoms with Gasteiger partial charge in [-0.1, -0.05) is 12.1 Å². The van der Waals surface area contributed by atoms with Crippen molar-refractivity contribution in [1.82, 2.24) is 9.55 Å². The Balaban J connectivity index is 2.07. The number of para-hydroxylation sites is 2. The molecule has 0 spiro atoms. The van der Waals surface area contributed by atoms with Crippen LogP contribution in [0.1, 0.15) is 6.42 Å². The first-order chi connectivity index (χ1) is 10.2. The first-order valence-electron chi connectivity index (χ1n) is 6.92. The number of benzene rings is 1. The average molecular weight is 286 g/mol. The van der Waals surface area contributed by atoms with Gasteiger partial charge >= 0.3 is 0 Å². The molecule has 110 valence electrons. The van der Waals surface area contributed by atoms with E-state index in [0.29, 0.717) is 23.8 Å². The second-order valence-corrected chi connectivity index (χ2v) is 5.09. The Morgan fingerprint density at radius 1 is 1.38 bits per heavy atom. The number of hydrogen-bond acceptors (Lipinski definition) is 5. The van der Waals surface area contributed by atoms with Gasteiger partial charge in [-0.3, -0.25) is 9.36 Å². The maximum Gasteiger partial charge on any atom is 0.298 e. The highest BCUT2D eigenvalue weighted by Crippen LogP contribution is 2.21. The van der Waals surface area contributed by atoms with E-state index in [1.165, 1.54) is 0 Å². The summed E-state index contributed by atoms with van der Waals surface area (Å²) in [5.74, 6) is 1.09. The van der Waals surface area contributed by atoms with Gasteiger partial charge in [-0.2, -0.15) is 0 Å². The molecular formula is C15H18N4O2. The van der Waals surface area contributed by atoms with Crippen molar-refractivity contribution in [2.75, 3.05) is 25.1 Å². The number of nitrogens with two attached hydrogens (primary N) is 1. The van der Waals surface area contributed by atoms with Gasteiger partial charge < -0.3 is 15.4 Å². The highest BCUT2D eigenvalue weighted by Gasteiger charge is 2.23. The van der Waals surface area contributed by atoms with Crippen LogP contribution in [-0.4, -0.2) is 35.8 Å². The van der Waals surface area contributed by atoms with Crippen LogP contribution in [0.4, 0.5) is 5.82 Å². The fraction of sp³-hybridized carbons (Fsp3) is 0.333. The van der Waals surface area contributed by atoms with Crippen molar-refractivity contribution in [3.8, 4) is 11.4 Å². The summed E-state index contributed by atoms with van der Waals surface area (Å²) < 4.78 is 6.88. The highest BCUT2D eigenvalue weighted by molar-refractivity contribution is 5.49. The number of nitrogens with zero attached hydrogens (tertiary/aromatic N) is 3. The van der Waals surface area contributed by atoms with Crippen LogP contribution in [0.3, 0.4) is 0 Å². The lowest BCUT2D eigenvalue weighted by atomic mass is 10.3. The first-order valence-corrected chi connectivity index (χ1v) is 6.92. The van der Waals surface area contributed by atoms with E-state index in [0.717, 1.165) is 13.0 Å². The lowest BCUT2D eigenvalue weighted by Gasteiger charge is -2.17. The molecule has 1 aliphatic heterocycles. The zero-order valence-corrected chi connectivity index (χ0v) is 11.9. The molecule has 0 bridgehead atoms. The minimum atomic E-state index is -0.156. The van der Waals surface area contributed by atoms with E-state index in [4.69, 9.17) is 10.5 Å². The lowest BCUT2D eigenvalue weighted by molar-refractivity contribution is 0.412. The van der Waals surface area contributed by atoms with Gasteiger partial charge in [0.25, 0.3) is 5.56 Å². The average Bonchev–Trinajstić information content (AvgIpc) is 2.94. The van der Waals surface area contributed by atoms with Crippen molar-refractivity contribution in [2.24, 2.45) is 5.73 Å². The van der Waals surface area contributed by atoms with Gasteiger partial charge in [-0.05, 0) is 18.6 Å². The summed E-state index contributed by atoms with van der Waals surface area (Å²) in [6.45, 7) is 1.43. The Hall–Kier alpha value is -2.34. The van der Waals surface area contributed by atoms with E-state index in [1.54, 1.807) is 24.1 Å². The molecule has 2 heterocycles. The predicted molar refractivity (Wildman–Crippen MR) is 81.2 cm³/mol. The predicted octanol–water partition coefficient (Wildman–Crippen LogP) is 0.779. The molecule has 2 aromatic rings. The molecule has 1 aliphatic rings. The lowest BCUT2D eigenvalue weighted by Crippen LogP contribution is -2.33. The van der Waals surface area contributed by atoms with E-state index in [-0.39, 0.29) is 11.6 Å². The summed E-state index contributed by atoms with van der Waals surface area (Å²) in [5.41, 5.74) is 6.46. The van der Waals surface area contributed by atoms with Crippen molar-refractivity contribution < 1.29 is 4.74 Å². The van der Waals surface area contributed by atoms with E-state index in [2.05, 4.69) is 4.98 Å². The van der Waals surface area contributed by atoms with Gasteiger partial charge in [0.2, 0.25) is 0 Å². The van der Waals surface area contributed by atoms with Gasteiger partial charge in [0, 0.05) is 31.5 Å². The molecule has 2 N–H and O–H groups in total. The maximum absolute atomic E-state index is 12.7. The van der Waals surface area contributed by atoms with E-state index in [9.17, 15) is 4.79 Å². The molecule has 1 fully saturated rings. The topological polar surface area (TPSA) is 73.4 Å². The van der Waals surface area contributed by atoms with Crippen LogP contribution in [0.5, 0.6) is 5.75 Å². The van der Waals surface area contributed by atoms with Crippen molar-refractivity contribution in [3.63, 3.8) is 0 Å². The largest absolute Gasteiger partial charge is 0.495 e. The molecule has 6 heteroatoms. The number of anilines is 1. The van der Waals surface area contributed by atoms with Gasteiger partial charge in [0.1, 0.15) is 5.75 Å². The molecule has 3 rings (SSSR count). The summed E-state index contributed by atoms with van der Waals surface area (Å²) in [4.78, 5) is 18.9. The van der Waals surface area contributed by atoms with Gasteiger partial charge in [0.15, 0.2) is 5.82 Å². The molecule has 1 unspecified atom stereocenters. The minimum absolute atomic E-state index is 0.103. The molecule has 1 saturated heterocycles. The number of rotatable bonds is 3. The molecular weight excluding hydrogens is 268 g/mol. The zero-order valence-electron chi connectivity index (χ0n) is 11.9. The highest BCUT2D eigenvalue weighted by atomic mass is 16.5. The molecule has 0 amide bonds. The molecule has 6 nitrogen and oxygen atoms in total. The van der Waals surface area contributed by atoms with Crippen molar-refractivity contribution >= 4 is 5.82 Å². The van der Waals surface area contributed by atoms with E-state index < -0.39 is 0 Å². The number of hydrogen-bond donors (Lipinski definition) is 1. The Morgan fingerprint density at radius 3 is 2.90 bits per heavy atom. The fourth-order valence-electron chi connectivity index (χ4n) is 2.62. The molecule has 1 atom stereocenters. The summed E-state index contributed by atoms with van der Waals surface area (Å²) in [6, 6.07) is 7.52. The SMILES string of the molecule is COc1ccccc1-n1ccnc(N2CCC(N)C2)c1=O. The Bertz CT molecular complexity index is 698. The second-order valence-electron chi connectivity index (χ2n) is 5.09. The second kappa shape index (κ2) is 5.57. The van der Waals surface area contributed by atoms with Gasteiger partial charge in [-0.25, -0.2) is 4.98 Å². The Labute approximate surface area is 122 Å². The van der Waals surface area contributed by atoms with Crippen LogP contribution in [-0.2, 0) is 0 Å². The van der Waals surface area contributed by atoms with Crippen LogP contribution in [0.25, 0.3) is 5.69 Å². The van der Waals surface area contributed by atoms with Gasteiger partial charge in [0.05, 0.1) is 12.8 Å². The maximum atomic E-state index is 12.7. The number of methoxy groups -OCH3 is 1. The first kappa shape index (κ1) is 13.6. The van der Waals surface area contributed by atoms with Crippen LogP contribution >= 0.6 is 0 Å². The van der Waals surface area contributed by atoms with Crippen LogP contribution < -0.4 is 20.9 Å². The van der Waals surface area contributed by atoms with E-state index >= 15 is 0 Å². The van der Waals surface area contributed by atoms with Crippen molar-refractivity contribution in [3.05, 3.63) is 47.0 Å². The smallest absolute Gasteiger partial charge is 0.298 e. The van der Waals surface area contributed by atoms with Crippen molar-refractivity contribution in [1.29, 1.82) is 0 Å².